The normalized spacial score (nSPS) is 12.0. The molecule has 0 unspecified atom stereocenters. The molecule has 0 saturated carbocycles. The summed E-state index contributed by atoms with van der Waals surface area (Å²) >= 11 is 3.44. The first-order valence-electron chi connectivity index (χ1n) is 13.5. The van der Waals surface area contributed by atoms with Gasteiger partial charge < -0.3 is 15.0 Å². The van der Waals surface area contributed by atoms with Gasteiger partial charge in [-0.2, -0.15) is 0 Å². The van der Waals surface area contributed by atoms with Crippen LogP contribution in [0.2, 0.25) is 0 Å². The number of carbonyl (C=O) groups is 2. The van der Waals surface area contributed by atoms with E-state index in [4.69, 9.17) is 4.74 Å². The summed E-state index contributed by atoms with van der Waals surface area (Å²) in [7, 11) is -3.84. The lowest BCUT2D eigenvalue weighted by molar-refractivity contribution is -0.140. The quantitative estimate of drug-likeness (QED) is 0.266. The molecule has 0 aliphatic carbocycles. The molecule has 0 spiro atoms. The van der Waals surface area contributed by atoms with Crippen LogP contribution in [0.1, 0.15) is 31.9 Å². The Morgan fingerprint density at radius 3 is 2.12 bits per heavy atom. The fraction of sp³-hybridized carbons (Fsp3) is 0.355. The number of hydrogen-bond acceptors (Lipinski definition) is 5. The van der Waals surface area contributed by atoms with Crippen LogP contribution in [0.25, 0.3) is 0 Å². The van der Waals surface area contributed by atoms with Gasteiger partial charge in [0.05, 0.1) is 18.6 Å². The Bertz CT molecular complexity index is 1380. The van der Waals surface area contributed by atoms with Crippen molar-refractivity contribution in [2.75, 3.05) is 30.3 Å². The summed E-state index contributed by atoms with van der Waals surface area (Å²) in [6, 6.07) is 22.6. The van der Waals surface area contributed by atoms with Crippen LogP contribution >= 0.6 is 15.9 Å². The van der Waals surface area contributed by atoms with Crippen molar-refractivity contribution in [3.05, 3.63) is 94.5 Å². The smallest absolute Gasteiger partial charge is 0.244 e. The average Bonchev–Trinajstić information content (AvgIpc) is 2.94. The molecule has 0 heterocycles. The molecule has 3 rings (SSSR count). The van der Waals surface area contributed by atoms with Gasteiger partial charge in [-0.25, -0.2) is 8.42 Å². The Balaban J connectivity index is 2.02. The Morgan fingerprint density at radius 1 is 0.927 bits per heavy atom. The monoisotopic (exact) mass is 643 g/mol. The molecule has 0 aliphatic rings. The molecular formula is C31H38BrN3O5S. The summed E-state index contributed by atoms with van der Waals surface area (Å²) in [6.45, 7) is 6.44. The van der Waals surface area contributed by atoms with Crippen molar-refractivity contribution in [1.29, 1.82) is 0 Å². The van der Waals surface area contributed by atoms with Gasteiger partial charge in [-0.1, -0.05) is 72.2 Å². The highest BCUT2D eigenvalue weighted by Crippen LogP contribution is 2.23. The van der Waals surface area contributed by atoms with E-state index in [1.807, 2.05) is 75.4 Å². The first-order chi connectivity index (χ1) is 19.5. The fourth-order valence-electron chi connectivity index (χ4n) is 4.25. The van der Waals surface area contributed by atoms with Gasteiger partial charge in [0.25, 0.3) is 0 Å². The number of carbonyl (C=O) groups excluding carboxylic acids is 2. The highest BCUT2D eigenvalue weighted by Gasteiger charge is 2.33. The Morgan fingerprint density at radius 2 is 1.56 bits per heavy atom. The van der Waals surface area contributed by atoms with Gasteiger partial charge in [0.2, 0.25) is 21.8 Å². The van der Waals surface area contributed by atoms with Gasteiger partial charge in [0.15, 0.2) is 0 Å². The summed E-state index contributed by atoms with van der Waals surface area (Å²) in [5, 5.41) is 2.98. The number of sulfonamides is 1. The van der Waals surface area contributed by atoms with E-state index in [-0.39, 0.29) is 24.8 Å². The van der Waals surface area contributed by atoms with Gasteiger partial charge in [-0.3, -0.25) is 13.9 Å². The van der Waals surface area contributed by atoms with Crippen LogP contribution in [-0.2, 0) is 32.6 Å². The topological polar surface area (TPSA) is 96.0 Å². The highest BCUT2D eigenvalue weighted by atomic mass is 79.9. The summed E-state index contributed by atoms with van der Waals surface area (Å²) < 4.78 is 33.2. The van der Waals surface area contributed by atoms with Crippen molar-refractivity contribution in [1.82, 2.24) is 10.2 Å². The van der Waals surface area contributed by atoms with Crippen LogP contribution in [0.4, 0.5) is 5.69 Å². The van der Waals surface area contributed by atoms with Gasteiger partial charge in [0, 0.05) is 24.0 Å². The minimum absolute atomic E-state index is 0.125. The SMILES string of the molecule is CCOc1ccc(N(CC(=O)N(Cc2ccc(Br)cc2)[C@@H](Cc2ccccc2)C(=O)NCC(C)C)S(C)(=O)=O)cc1. The van der Waals surface area contributed by atoms with Crippen LogP contribution in [0.15, 0.2) is 83.3 Å². The van der Waals surface area contributed by atoms with Crippen molar-refractivity contribution in [3.63, 3.8) is 0 Å². The van der Waals surface area contributed by atoms with Crippen molar-refractivity contribution in [2.24, 2.45) is 5.92 Å². The van der Waals surface area contributed by atoms with Gasteiger partial charge in [0.1, 0.15) is 18.3 Å². The van der Waals surface area contributed by atoms with E-state index < -0.39 is 28.5 Å². The molecular weight excluding hydrogens is 606 g/mol. The molecule has 0 aromatic heterocycles. The number of hydrogen-bond donors (Lipinski definition) is 1. The lowest BCUT2D eigenvalue weighted by atomic mass is 10.0. The maximum Gasteiger partial charge on any atom is 0.244 e. The predicted molar refractivity (Wildman–Crippen MR) is 166 cm³/mol. The zero-order valence-corrected chi connectivity index (χ0v) is 26.3. The number of ether oxygens (including phenoxy) is 1. The highest BCUT2D eigenvalue weighted by molar-refractivity contribution is 9.10. The molecule has 10 heteroatoms. The molecule has 8 nitrogen and oxygen atoms in total. The average molecular weight is 645 g/mol. The van der Waals surface area contributed by atoms with E-state index in [9.17, 15) is 18.0 Å². The number of nitrogens with one attached hydrogen (secondary N) is 1. The number of nitrogens with zero attached hydrogens (tertiary/aromatic N) is 2. The Labute approximate surface area is 251 Å². The van der Waals surface area contributed by atoms with E-state index >= 15 is 0 Å². The number of rotatable bonds is 14. The lowest BCUT2D eigenvalue weighted by Gasteiger charge is -2.33. The van der Waals surface area contributed by atoms with E-state index in [2.05, 4.69) is 21.2 Å². The van der Waals surface area contributed by atoms with Crippen LogP contribution in [-0.4, -0.2) is 57.1 Å². The molecule has 0 bridgehead atoms. The molecule has 0 aliphatic heterocycles. The first-order valence-corrected chi connectivity index (χ1v) is 16.2. The maximum atomic E-state index is 14.1. The molecule has 41 heavy (non-hydrogen) atoms. The summed E-state index contributed by atoms with van der Waals surface area (Å²) in [5.74, 6) is 0.0258. The second-order valence-electron chi connectivity index (χ2n) is 10.2. The lowest BCUT2D eigenvalue weighted by Crippen LogP contribution is -2.53. The third-order valence-electron chi connectivity index (χ3n) is 6.34. The molecule has 0 fully saturated rings. The van der Waals surface area contributed by atoms with Crippen molar-refractivity contribution >= 4 is 43.5 Å². The minimum Gasteiger partial charge on any atom is -0.494 e. The van der Waals surface area contributed by atoms with Gasteiger partial charge in [-0.15, -0.1) is 0 Å². The van der Waals surface area contributed by atoms with Crippen LogP contribution in [0.3, 0.4) is 0 Å². The van der Waals surface area contributed by atoms with Crippen LogP contribution < -0.4 is 14.4 Å². The summed E-state index contributed by atoms with van der Waals surface area (Å²) in [5.41, 5.74) is 2.03. The molecule has 220 valence electrons. The van der Waals surface area contributed by atoms with Crippen LogP contribution in [0, 0.1) is 5.92 Å². The molecule has 2 amide bonds. The number of amides is 2. The second kappa shape index (κ2) is 15.0. The molecule has 0 saturated heterocycles. The van der Waals surface area contributed by atoms with Crippen molar-refractivity contribution < 1.29 is 22.7 Å². The molecule has 1 atom stereocenters. The Hall–Kier alpha value is -3.37. The molecule has 3 aromatic rings. The largest absolute Gasteiger partial charge is 0.494 e. The minimum atomic E-state index is -3.84. The fourth-order valence-corrected chi connectivity index (χ4v) is 5.37. The van der Waals surface area contributed by atoms with Crippen molar-refractivity contribution in [2.45, 2.75) is 39.8 Å². The number of anilines is 1. The Kier molecular flexibility index (Phi) is 11.8. The standard InChI is InChI=1S/C31H38BrN3O5S/c1-5-40-28-17-15-27(16-18-28)35(41(4,38)39)22-30(36)34(21-25-11-13-26(32)14-12-25)29(31(37)33-20-23(2)3)19-24-9-7-6-8-10-24/h6-18,23,29H,5,19-22H2,1-4H3,(H,33,37)/t29-/m0/s1. The number of halogens is 1. The van der Waals surface area contributed by atoms with Gasteiger partial charge >= 0.3 is 0 Å². The molecule has 1 N–H and O–H groups in total. The maximum absolute atomic E-state index is 14.1. The van der Waals surface area contributed by atoms with E-state index in [1.165, 1.54) is 4.90 Å². The van der Waals surface area contributed by atoms with E-state index in [0.717, 1.165) is 26.2 Å². The van der Waals surface area contributed by atoms with Crippen LogP contribution in [0.5, 0.6) is 5.75 Å². The zero-order chi connectivity index (χ0) is 30.0. The molecule has 0 radical (unpaired) electrons. The first kappa shape index (κ1) is 32.1. The van der Waals surface area contributed by atoms with E-state index in [1.54, 1.807) is 24.3 Å². The summed E-state index contributed by atoms with van der Waals surface area (Å²) in [4.78, 5) is 29.2. The summed E-state index contributed by atoms with van der Waals surface area (Å²) in [6.07, 6.45) is 1.33. The molecule has 3 aromatic carbocycles. The third kappa shape index (κ3) is 9.89. The van der Waals surface area contributed by atoms with E-state index in [0.29, 0.717) is 24.6 Å². The zero-order valence-electron chi connectivity index (χ0n) is 23.9. The number of benzene rings is 3. The van der Waals surface area contributed by atoms with Gasteiger partial charge in [-0.05, 0) is 60.4 Å². The third-order valence-corrected chi connectivity index (χ3v) is 8.01. The van der Waals surface area contributed by atoms with Crippen molar-refractivity contribution in [3.8, 4) is 5.75 Å². The predicted octanol–water partition coefficient (Wildman–Crippen LogP) is 5.03. The second-order valence-corrected chi connectivity index (χ2v) is 13.0.